The topological polar surface area (TPSA) is 91.4 Å². The van der Waals surface area contributed by atoms with Gasteiger partial charge in [0.2, 0.25) is 5.78 Å². The molecule has 0 fully saturated rings. The summed E-state index contributed by atoms with van der Waals surface area (Å²) in [6.07, 6.45) is 0. The molecule has 0 amide bonds. The number of aromatic nitrogens is 3. The average molecular weight is 375 g/mol. The molecule has 0 bridgehead atoms. The van der Waals surface area contributed by atoms with Gasteiger partial charge in [-0.1, -0.05) is 18.2 Å². The zero-order valence-electron chi connectivity index (χ0n) is 14.9. The normalized spacial score (nSPS) is 11.6. The van der Waals surface area contributed by atoms with Gasteiger partial charge in [-0.15, -0.1) is 0 Å². The first-order chi connectivity index (χ1) is 13.5. The SMILES string of the molecule is COc1cc2nc3n(c(=O)c2cc1OC)c(=O)c1cc2ccccc2c(=O)n13. The standard InChI is InChI=1S/C20H13N3O5/c1-27-15-8-12-13(9-16(15)28-2)21-20-22-14(19(26)23(20)18(12)25)7-10-5-3-4-6-11(10)17(22)24/h3-9H,1-2H3. The Balaban J connectivity index is 2.08. The molecule has 8 heteroatoms. The summed E-state index contributed by atoms with van der Waals surface area (Å²) in [5.41, 5.74) is -1.17. The molecule has 3 aromatic heterocycles. The van der Waals surface area contributed by atoms with Gasteiger partial charge in [0.25, 0.3) is 16.7 Å². The molecule has 0 aliphatic carbocycles. The second-order valence-electron chi connectivity index (χ2n) is 6.34. The van der Waals surface area contributed by atoms with Crippen LogP contribution in [0.1, 0.15) is 0 Å². The van der Waals surface area contributed by atoms with Crippen LogP contribution in [0.25, 0.3) is 33.0 Å². The van der Waals surface area contributed by atoms with Gasteiger partial charge >= 0.3 is 0 Å². The monoisotopic (exact) mass is 375 g/mol. The van der Waals surface area contributed by atoms with E-state index in [-0.39, 0.29) is 16.7 Å². The van der Waals surface area contributed by atoms with Crippen molar-refractivity contribution in [2.45, 2.75) is 0 Å². The molecule has 28 heavy (non-hydrogen) atoms. The van der Waals surface area contributed by atoms with Crippen molar-refractivity contribution >= 4 is 33.0 Å². The van der Waals surface area contributed by atoms with Crippen LogP contribution in [-0.4, -0.2) is 28.0 Å². The minimum Gasteiger partial charge on any atom is -0.493 e. The van der Waals surface area contributed by atoms with Crippen LogP contribution < -0.4 is 26.2 Å². The van der Waals surface area contributed by atoms with E-state index >= 15 is 0 Å². The number of rotatable bonds is 2. The van der Waals surface area contributed by atoms with Crippen LogP contribution in [0.5, 0.6) is 11.5 Å². The Morgan fingerprint density at radius 1 is 0.786 bits per heavy atom. The van der Waals surface area contributed by atoms with Crippen LogP contribution in [-0.2, 0) is 0 Å². The fourth-order valence-corrected chi connectivity index (χ4v) is 3.56. The van der Waals surface area contributed by atoms with Gasteiger partial charge in [-0.25, -0.2) is 13.8 Å². The lowest BCUT2D eigenvalue weighted by Crippen LogP contribution is -2.23. The fraction of sp³-hybridized carbons (Fsp3) is 0.100. The van der Waals surface area contributed by atoms with Crippen LogP contribution in [0.4, 0.5) is 0 Å². The highest BCUT2D eigenvalue weighted by atomic mass is 16.5. The van der Waals surface area contributed by atoms with Crippen molar-refractivity contribution in [3.8, 4) is 11.5 Å². The lowest BCUT2D eigenvalue weighted by atomic mass is 10.1. The summed E-state index contributed by atoms with van der Waals surface area (Å²) >= 11 is 0. The van der Waals surface area contributed by atoms with Gasteiger partial charge in [0.1, 0.15) is 5.52 Å². The highest BCUT2D eigenvalue weighted by Gasteiger charge is 2.19. The smallest absolute Gasteiger partial charge is 0.284 e. The van der Waals surface area contributed by atoms with Crippen LogP contribution in [0.2, 0.25) is 0 Å². The summed E-state index contributed by atoms with van der Waals surface area (Å²) in [7, 11) is 2.92. The van der Waals surface area contributed by atoms with E-state index in [4.69, 9.17) is 9.47 Å². The number of hydrogen-bond donors (Lipinski definition) is 0. The van der Waals surface area contributed by atoms with E-state index in [1.54, 1.807) is 36.4 Å². The maximum Gasteiger partial charge on any atom is 0.284 e. The van der Waals surface area contributed by atoms with Gasteiger partial charge in [-0.2, -0.15) is 0 Å². The Labute approximate surface area is 156 Å². The lowest BCUT2D eigenvalue weighted by molar-refractivity contribution is 0.355. The third kappa shape index (κ3) is 1.94. The second-order valence-corrected chi connectivity index (χ2v) is 6.34. The highest BCUT2D eigenvalue weighted by molar-refractivity contribution is 5.87. The summed E-state index contributed by atoms with van der Waals surface area (Å²) in [5.74, 6) is 0.711. The van der Waals surface area contributed by atoms with Gasteiger partial charge in [0, 0.05) is 11.5 Å². The van der Waals surface area contributed by atoms with E-state index in [0.717, 1.165) is 4.40 Å². The molecular weight excluding hydrogens is 362 g/mol. The van der Waals surface area contributed by atoms with Gasteiger partial charge in [-0.05, 0) is 23.6 Å². The summed E-state index contributed by atoms with van der Waals surface area (Å²) in [4.78, 5) is 43.4. The maximum atomic E-state index is 13.1. The van der Waals surface area contributed by atoms with Crippen molar-refractivity contribution in [3.63, 3.8) is 0 Å². The zero-order chi connectivity index (χ0) is 19.6. The molecule has 5 rings (SSSR count). The van der Waals surface area contributed by atoms with E-state index in [1.165, 1.54) is 24.7 Å². The van der Waals surface area contributed by atoms with Crippen LogP contribution in [0, 0.1) is 0 Å². The molecule has 5 aromatic rings. The van der Waals surface area contributed by atoms with Crippen molar-refractivity contribution in [3.05, 3.63) is 73.5 Å². The molecule has 0 aliphatic rings. The lowest BCUT2D eigenvalue weighted by Gasteiger charge is -2.08. The Hall–Kier alpha value is -3.94. The molecule has 2 aromatic carbocycles. The number of nitrogens with zero attached hydrogens (tertiary/aromatic N) is 3. The van der Waals surface area contributed by atoms with Crippen molar-refractivity contribution < 1.29 is 9.47 Å². The summed E-state index contributed by atoms with van der Waals surface area (Å²) < 4.78 is 12.6. The Morgan fingerprint density at radius 3 is 2.21 bits per heavy atom. The summed E-state index contributed by atoms with van der Waals surface area (Å²) in [6.45, 7) is 0. The molecule has 0 atom stereocenters. The first kappa shape index (κ1) is 16.2. The zero-order valence-corrected chi connectivity index (χ0v) is 14.9. The van der Waals surface area contributed by atoms with Crippen LogP contribution in [0.15, 0.2) is 56.8 Å². The van der Waals surface area contributed by atoms with E-state index < -0.39 is 16.7 Å². The van der Waals surface area contributed by atoms with E-state index in [2.05, 4.69) is 4.98 Å². The highest BCUT2D eigenvalue weighted by Crippen LogP contribution is 2.30. The second kappa shape index (κ2) is 5.53. The number of methoxy groups -OCH3 is 2. The first-order valence-corrected chi connectivity index (χ1v) is 8.44. The number of imidazole rings is 1. The van der Waals surface area contributed by atoms with Gasteiger partial charge in [-0.3, -0.25) is 14.4 Å². The minimum atomic E-state index is -0.591. The number of ether oxygens (including phenoxy) is 2. The van der Waals surface area contributed by atoms with Gasteiger partial charge < -0.3 is 9.47 Å². The molecular formula is C20H13N3O5. The molecule has 0 N–H and O–H groups in total. The number of fused-ring (bicyclic) bond motifs is 5. The van der Waals surface area contributed by atoms with E-state index in [1.807, 2.05) is 0 Å². The molecule has 0 saturated carbocycles. The maximum absolute atomic E-state index is 13.1. The van der Waals surface area contributed by atoms with Crippen LogP contribution in [0.3, 0.4) is 0 Å². The summed E-state index contributed by atoms with van der Waals surface area (Å²) in [6, 6.07) is 11.6. The first-order valence-electron chi connectivity index (χ1n) is 8.44. The van der Waals surface area contributed by atoms with Crippen molar-refractivity contribution in [2.75, 3.05) is 14.2 Å². The molecule has 3 heterocycles. The molecule has 0 aliphatic heterocycles. The van der Waals surface area contributed by atoms with Gasteiger partial charge in [0.05, 0.1) is 25.1 Å². The molecule has 0 saturated heterocycles. The Bertz CT molecular complexity index is 1600. The number of benzene rings is 2. The third-order valence-electron chi connectivity index (χ3n) is 4.91. The Morgan fingerprint density at radius 2 is 1.46 bits per heavy atom. The average Bonchev–Trinajstić information content (AvgIpc) is 2.99. The van der Waals surface area contributed by atoms with Gasteiger partial charge in [0.15, 0.2) is 11.5 Å². The molecule has 138 valence electrons. The molecule has 0 spiro atoms. The number of hydrogen-bond acceptors (Lipinski definition) is 6. The van der Waals surface area contributed by atoms with E-state index in [0.29, 0.717) is 27.8 Å². The molecule has 0 unspecified atom stereocenters. The predicted octanol–water partition coefficient (Wildman–Crippen LogP) is 1.43. The predicted molar refractivity (Wildman–Crippen MR) is 104 cm³/mol. The fourth-order valence-electron chi connectivity index (χ4n) is 3.56. The summed E-state index contributed by atoms with van der Waals surface area (Å²) in [5, 5.41) is 1.26. The van der Waals surface area contributed by atoms with Crippen molar-refractivity contribution in [1.29, 1.82) is 0 Å². The molecule has 0 radical (unpaired) electrons. The third-order valence-corrected chi connectivity index (χ3v) is 4.91. The molecule has 8 nitrogen and oxygen atoms in total. The largest absolute Gasteiger partial charge is 0.493 e. The quantitative estimate of drug-likeness (QED) is 0.464. The Kier molecular flexibility index (Phi) is 3.21. The van der Waals surface area contributed by atoms with Crippen LogP contribution >= 0.6 is 0 Å². The van der Waals surface area contributed by atoms with Crippen molar-refractivity contribution in [2.24, 2.45) is 0 Å². The van der Waals surface area contributed by atoms with Crippen molar-refractivity contribution in [1.82, 2.24) is 13.8 Å². The number of pyridine rings is 1. The van der Waals surface area contributed by atoms with E-state index in [9.17, 15) is 14.4 Å². The minimum absolute atomic E-state index is 0.0273.